The van der Waals surface area contributed by atoms with Gasteiger partial charge in [0.05, 0.1) is 26.4 Å². The highest BCUT2D eigenvalue weighted by atomic mass is 31.2. The number of aliphatic hydroxyl groups excluding tert-OH is 1. The van der Waals surface area contributed by atoms with E-state index in [2.05, 4.69) is 48.5 Å². The van der Waals surface area contributed by atoms with Crippen molar-refractivity contribution in [1.82, 2.24) is 0 Å². The molecule has 3 N–H and O–H groups in total. The first-order chi connectivity index (χ1) is 49.2. The fourth-order valence-corrected chi connectivity index (χ4v) is 14.4. The van der Waals surface area contributed by atoms with Crippen molar-refractivity contribution in [2.24, 2.45) is 17.8 Å². The Bertz CT molecular complexity index is 1970. The zero-order valence-corrected chi connectivity index (χ0v) is 68.9. The van der Waals surface area contributed by atoms with Crippen molar-refractivity contribution in [2.75, 3.05) is 39.6 Å². The second-order valence-corrected chi connectivity index (χ2v) is 34.2. The van der Waals surface area contributed by atoms with Crippen LogP contribution in [0.3, 0.4) is 0 Å². The lowest BCUT2D eigenvalue weighted by atomic mass is 10.0. The van der Waals surface area contributed by atoms with Crippen molar-refractivity contribution in [1.29, 1.82) is 0 Å². The van der Waals surface area contributed by atoms with Crippen LogP contribution < -0.4 is 0 Å². The van der Waals surface area contributed by atoms with Crippen LogP contribution in [0.4, 0.5) is 0 Å². The lowest BCUT2D eigenvalue weighted by Crippen LogP contribution is -2.30. The number of hydrogen-bond acceptors (Lipinski definition) is 15. The highest BCUT2D eigenvalue weighted by Crippen LogP contribution is 2.45. The Morgan fingerprint density at radius 2 is 0.451 bits per heavy atom. The molecular weight excluding hydrogens is 1330 g/mol. The molecule has 0 saturated carbocycles. The monoisotopic (exact) mass is 1490 g/mol. The van der Waals surface area contributed by atoms with Crippen LogP contribution in [0.25, 0.3) is 0 Å². The fraction of sp³-hybridized carbons (Fsp3) is 0.952. The van der Waals surface area contributed by atoms with Crippen molar-refractivity contribution in [2.45, 2.75) is 452 Å². The highest BCUT2D eigenvalue weighted by molar-refractivity contribution is 7.47. The predicted molar refractivity (Wildman–Crippen MR) is 418 cm³/mol. The first-order valence-corrected chi connectivity index (χ1v) is 45.8. The van der Waals surface area contributed by atoms with E-state index in [0.717, 1.165) is 108 Å². The maximum atomic E-state index is 13.1. The number of hydrogen-bond donors (Lipinski definition) is 3. The lowest BCUT2D eigenvalue weighted by Gasteiger charge is -2.21. The Hall–Kier alpha value is -1.94. The van der Waals surface area contributed by atoms with Gasteiger partial charge < -0.3 is 33.8 Å². The summed E-state index contributed by atoms with van der Waals surface area (Å²) in [5, 5.41) is 10.7. The van der Waals surface area contributed by atoms with Gasteiger partial charge in [-0.3, -0.25) is 37.3 Å². The highest BCUT2D eigenvalue weighted by Gasteiger charge is 2.30. The minimum absolute atomic E-state index is 0.105. The van der Waals surface area contributed by atoms with Crippen LogP contribution in [0.15, 0.2) is 0 Å². The summed E-state index contributed by atoms with van der Waals surface area (Å²) in [6.45, 7) is 11.9. The standard InChI is InChI=1S/C83H162O17P2/c1-8-9-10-11-12-13-14-15-16-17-18-19-20-23-27-30-36-45-52-59-66-82(87)99-78(70-93-80(85)64-57-50-43-35-29-26-24-21-22-25-28-33-40-47-54-61-74(2)3)72-97-101(89,90)95-68-77(84)69-96-102(91,92)98-73-79(71-94-81(86)65-58-51-44-39-38-42-49-56-63-76(6)7)100-83(88)67-60-53-46-37-32-31-34-41-48-55-62-75(4)5/h74-79,84H,8-73H2,1-7H3,(H,89,90)(H,91,92)/t77-,78-,79-/m1/s1. The molecule has 17 nitrogen and oxygen atoms in total. The topological polar surface area (TPSA) is 237 Å². The SMILES string of the molecule is CCCCCCCCCCCCCCCCCCCCCCC(=O)O[C@H](COC(=O)CCCCCCCCCCCCCCCCCC(C)C)COP(=O)(O)OC[C@@H](O)COP(=O)(O)OC[C@@H](COC(=O)CCCCCCCCCCC(C)C)OC(=O)CCCCCCCCCCCCC(C)C. The van der Waals surface area contributed by atoms with Gasteiger partial charge in [-0.2, -0.15) is 0 Å². The maximum Gasteiger partial charge on any atom is 0.472 e. The number of unbranched alkanes of at least 4 members (excludes halogenated alkanes) is 49. The Kier molecular flexibility index (Phi) is 71.8. The molecule has 0 saturated heterocycles. The second kappa shape index (κ2) is 73.2. The van der Waals surface area contributed by atoms with Gasteiger partial charge in [0.2, 0.25) is 0 Å². The van der Waals surface area contributed by atoms with Crippen LogP contribution in [-0.2, 0) is 65.4 Å². The summed E-state index contributed by atoms with van der Waals surface area (Å²) in [5.74, 6) is 0.175. The summed E-state index contributed by atoms with van der Waals surface area (Å²) in [4.78, 5) is 73.1. The van der Waals surface area contributed by atoms with E-state index in [1.54, 1.807) is 0 Å². The number of aliphatic hydroxyl groups is 1. The van der Waals surface area contributed by atoms with E-state index in [-0.39, 0.29) is 25.7 Å². The molecule has 0 spiro atoms. The number of ether oxygens (including phenoxy) is 4. The van der Waals surface area contributed by atoms with Crippen LogP contribution in [-0.4, -0.2) is 96.7 Å². The third kappa shape index (κ3) is 76.3. The van der Waals surface area contributed by atoms with Gasteiger partial charge in [-0.15, -0.1) is 0 Å². The summed E-state index contributed by atoms with van der Waals surface area (Å²) < 4.78 is 68.8. The Balaban J connectivity index is 5.24. The molecule has 606 valence electrons. The molecule has 0 bridgehead atoms. The number of carbonyl (C=O) groups excluding carboxylic acids is 4. The van der Waals surface area contributed by atoms with Gasteiger partial charge in [0.15, 0.2) is 12.2 Å². The van der Waals surface area contributed by atoms with Gasteiger partial charge in [0.1, 0.15) is 19.3 Å². The Labute approximate surface area is 626 Å². The summed E-state index contributed by atoms with van der Waals surface area (Å²) in [6.07, 6.45) is 62.6. The maximum absolute atomic E-state index is 13.1. The smallest absolute Gasteiger partial charge is 0.462 e. The average molecular weight is 1490 g/mol. The quantitative estimate of drug-likeness (QED) is 0.0222. The zero-order valence-electron chi connectivity index (χ0n) is 67.1. The minimum atomic E-state index is -4.96. The molecule has 0 aliphatic heterocycles. The molecule has 5 atom stereocenters. The normalized spacial score (nSPS) is 13.9. The number of carbonyl (C=O) groups is 4. The largest absolute Gasteiger partial charge is 0.472 e. The first kappa shape index (κ1) is 100. The molecular formula is C83H162O17P2. The van der Waals surface area contributed by atoms with E-state index in [1.807, 2.05) is 0 Å². The zero-order chi connectivity index (χ0) is 75.1. The molecule has 0 aromatic rings. The van der Waals surface area contributed by atoms with Gasteiger partial charge in [0.25, 0.3) is 0 Å². The molecule has 0 radical (unpaired) electrons. The molecule has 0 amide bonds. The van der Waals surface area contributed by atoms with Crippen molar-refractivity contribution in [3.05, 3.63) is 0 Å². The molecule has 19 heteroatoms. The number of esters is 4. The molecule has 0 fully saturated rings. The van der Waals surface area contributed by atoms with Crippen molar-refractivity contribution < 1.29 is 80.2 Å². The van der Waals surface area contributed by atoms with Crippen LogP contribution >= 0.6 is 15.6 Å². The second-order valence-electron chi connectivity index (χ2n) is 31.3. The van der Waals surface area contributed by atoms with Gasteiger partial charge in [-0.05, 0) is 43.4 Å². The summed E-state index contributed by atoms with van der Waals surface area (Å²) in [7, 11) is -9.92. The third-order valence-corrected chi connectivity index (χ3v) is 21.3. The van der Waals surface area contributed by atoms with E-state index in [0.29, 0.717) is 25.7 Å². The minimum Gasteiger partial charge on any atom is -0.462 e. The van der Waals surface area contributed by atoms with Crippen LogP contribution in [0.1, 0.15) is 434 Å². The van der Waals surface area contributed by atoms with Gasteiger partial charge in [-0.1, -0.05) is 382 Å². The van der Waals surface area contributed by atoms with E-state index in [9.17, 15) is 43.2 Å². The van der Waals surface area contributed by atoms with Crippen LogP contribution in [0.2, 0.25) is 0 Å². The third-order valence-electron chi connectivity index (χ3n) is 19.4. The van der Waals surface area contributed by atoms with Crippen LogP contribution in [0, 0.1) is 17.8 Å². The van der Waals surface area contributed by atoms with E-state index in [1.165, 1.54) is 244 Å². The number of rotatable bonds is 81. The van der Waals surface area contributed by atoms with Crippen LogP contribution in [0.5, 0.6) is 0 Å². The van der Waals surface area contributed by atoms with Crippen molar-refractivity contribution in [3.63, 3.8) is 0 Å². The fourth-order valence-electron chi connectivity index (χ4n) is 12.8. The Morgan fingerprint density at radius 3 is 0.667 bits per heavy atom. The van der Waals surface area contributed by atoms with Crippen molar-refractivity contribution in [3.8, 4) is 0 Å². The van der Waals surface area contributed by atoms with E-state index < -0.39 is 97.5 Å². The molecule has 102 heavy (non-hydrogen) atoms. The number of phosphoric acid groups is 2. The molecule has 0 heterocycles. The van der Waals surface area contributed by atoms with Gasteiger partial charge in [-0.25, -0.2) is 9.13 Å². The molecule has 0 aliphatic carbocycles. The van der Waals surface area contributed by atoms with Gasteiger partial charge in [0, 0.05) is 25.7 Å². The molecule has 0 aromatic carbocycles. The molecule has 2 unspecified atom stereocenters. The summed E-state index contributed by atoms with van der Waals surface area (Å²) >= 11 is 0. The van der Waals surface area contributed by atoms with Gasteiger partial charge >= 0.3 is 39.5 Å². The first-order valence-electron chi connectivity index (χ1n) is 42.8. The summed E-state index contributed by atoms with van der Waals surface area (Å²) in [5.41, 5.74) is 0. The lowest BCUT2D eigenvalue weighted by molar-refractivity contribution is -0.161. The van der Waals surface area contributed by atoms with E-state index >= 15 is 0 Å². The number of phosphoric ester groups is 2. The Morgan fingerprint density at radius 1 is 0.265 bits per heavy atom. The molecule has 0 aromatic heterocycles. The molecule has 0 aliphatic rings. The molecule has 0 rings (SSSR count). The van der Waals surface area contributed by atoms with Crippen molar-refractivity contribution >= 4 is 39.5 Å². The summed E-state index contributed by atoms with van der Waals surface area (Å²) in [6, 6.07) is 0. The average Bonchev–Trinajstić information content (AvgIpc) is 0.908. The predicted octanol–water partition coefficient (Wildman–Crippen LogP) is 24.9. The van der Waals surface area contributed by atoms with E-state index in [4.69, 9.17) is 37.0 Å².